The lowest BCUT2D eigenvalue weighted by atomic mass is 9.96. The summed E-state index contributed by atoms with van der Waals surface area (Å²) in [5, 5.41) is 10.6. The van der Waals surface area contributed by atoms with Gasteiger partial charge in [0.2, 0.25) is 11.8 Å². The number of para-hydroxylation sites is 2. The number of aromatic nitrogens is 2. The monoisotopic (exact) mass is 797 g/mol. The van der Waals surface area contributed by atoms with Gasteiger partial charge in [-0.25, -0.2) is 19.8 Å². The molecule has 2 heterocycles. The molecule has 0 bridgehead atoms. The molecule has 304 valence electrons. The molecule has 5 aromatic rings. The van der Waals surface area contributed by atoms with Gasteiger partial charge in [-0.3, -0.25) is 15.0 Å². The van der Waals surface area contributed by atoms with Crippen molar-refractivity contribution in [2.75, 3.05) is 20.8 Å². The highest BCUT2D eigenvalue weighted by Gasteiger charge is 2.31. The third kappa shape index (κ3) is 10.8. The number of hydrogen-bond acceptors (Lipinski definition) is 11. The van der Waals surface area contributed by atoms with Gasteiger partial charge in [0.25, 0.3) is 11.8 Å². The molecule has 0 atom stereocenters. The van der Waals surface area contributed by atoms with E-state index in [-0.39, 0.29) is 29.1 Å². The van der Waals surface area contributed by atoms with Crippen molar-refractivity contribution in [1.82, 2.24) is 20.4 Å². The molecule has 4 aromatic carbocycles. The van der Waals surface area contributed by atoms with Crippen LogP contribution >= 0.6 is 0 Å². The SMILES string of the molecule is CO/C=C(/C(=O)OC)c1ccccc1Oc1cc(Oc2ccccc2C#N)ncn1.Cc1cc(C)cc(C(=O)N(NC(=O)c2ccc3c(c2C)CCCO3)C(C)(C)C)c1. The molecule has 1 aliphatic rings. The summed E-state index contributed by atoms with van der Waals surface area (Å²) in [5.41, 5.74) is 8.43. The first-order valence-electron chi connectivity index (χ1n) is 18.8. The van der Waals surface area contributed by atoms with Crippen molar-refractivity contribution in [3.8, 4) is 35.1 Å². The van der Waals surface area contributed by atoms with Gasteiger partial charge in [0.15, 0.2) is 0 Å². The molecule has 2 amide bonds. The molecule has 59 heavy (non-hydrogen) atoms. The van der Waals surface area contributed by atoms with E-state index in [0.717, 1.165) is 40.8 Å². The van der Waals surface area contributed by atoms with Crippen LogP contribution in [0.5, 0.6) is 29.0 Å². The number of hydrogen-bond donors (Lipinski definition) is 1. The predicted molar refractivity (Wildman–Crippen MR) is 221 cm³/mol. The van der Waals surface area contributed by atoms with E-state index in [0.29, 0.717) is 40.4 Å². The first kappa shape index (κ1) is 42.9. The first-order chi connectivity index (χ1) is 28.2. The fraction of sp³-hybridized carbons (Fsp3) is 0.261. The molecule has 1 aromatic heterocycles. The Hall–Kier alpha value is -7.20. The fourth-order valence-electron chi connectivity index (χ4n) is 6.30. The van der Waals surface area contributed by atoms with Gasteiger partial charge in [-0.1, -0.05) is 47.5 Å². The van der Waals surface area contributed by atoms with E-state index >= 15 is 0 Å². The molecule has 0 radical (unpaired) electrons. The Morgan fingerprint density at radius 3 is 2.14 bits per heavy atom. The maximum Gasteiger partial charge on any atom is 0.341 e. The zero-order chi connectivity index (χ0) is 42.7. The number of esters is 1. The minimum Gasteiger partial charge on any atom is -0.503 e. The van der Waals surface area contributed by atoms with Gasteiger partial charge >= 0.3 is 5.97 Å². The largest absolute Gasteiger partial charge is 0.503 e. The van der Waals surface area contributed by atoms with Crippen LogP contribution in [0.1, 0.15) is 81.3 Å². The molecule has 1 aliphatic heterocycles. The summed E-state index contributed by atoms with van der Waals surface area (Å²) >= 11 is 0. The molecule has 6 rings (SSSR count). The lowest BCUT2D eigenvalue weighted by Crippen LogP contribution is -2.56. The topological polar surface area (TPSA) is 162 Å². The number of nitrogens with one attached hydrogen (secondary N) is 1. The van der Waals surface area contributed by atoms with Crippen LogP contribution in [0, 0.1) is 32.1 Å². The van der Waals surface area contributed by atoms with Gasteiger partial charge in [0.1, 0.15) is 35.2 Å². The third-order valence-electron chi connectivity index (χ3n) is 9.06. The molecule has 0 saturated heterocycles. The number of fused-ring (bicyclic) bond motifs is 1. The van der Waals surface area contributed by atoms with Crippen molar-refractivity contribution in [3.63, 3.8) is 0 Å². The van der Waals surface area contributed by atoms with E-state index in [2.05, 4.69) is 21.5 Å². The zero-order valence-electron chi connectivity index (χ0n) is 34.4. The molecule has 0 spiro atoms. The first-order valence-corrected chi connectivity index (χ1v) is 18.8. The van der Waals surface area contributed by atoms with Crippen molar-refractivity contribution in [3.05, 3.63) is 142 Å². The van der Waals surface area contributed by atoms with Crippen LogP contribution in [0.3, 0.4) is 0 Å². The second-order valence-electron chi connectivity index (χ2n) is 14.6. The lowest BCUT2D eigenvalue weighted by Gasteiger charge is -2.36. The van der Waals surface area contributed by atoms with E-state index in [1.807, 2.05) is 65.8 Å². The molecule has 0 aliphatic carbocycles. The number of rotatable bonds is 9. The van der Waals surface area contributed by atoms with Gasteiger partial charge in [-0.2, -0.15) is 5.26 Å². The van der Waals surface area contributed by atoms with Crippen LogP contribution in [-0.2, 0) is 20.7 Å². The van der Waals surface area contributed by atoms with Crippen LogP contribution in [0.2, 0.25) is 0 Å². The van der Waals surface area contributed by atoms with Gasteiger partial charge in [0.05, 0.1) is 44.3 Å². The number of nitrogens with zero attached hydrogens (tertiary/aromatic N) is 4. The number of methoxy groups -OCH3 is 2. The zero-order valence-corrected chi connectivity index (χ0v) is 34.4. The van der Waals surface area contributed by atoms with Gasteiger partial charge < -0.3 is 23.7 Å². The minimum atomic E-state index is -0.588. The summed E-state index contributed by atoms with van der Waals surface area (Å²) < 4.78 is 27.1. The summed E-state index contributed by atoms with van der Waals surface area (Å²) in [5.74, 6) is 0.857. The Bertz CT molecular complexity index is 2390. The second kappa shape index (κ2) is 19.3. The highest BCUT2D eigenvalue weighted by Crippen LogP contribution is 2.33. The Kier molecular flexibility index (Phi) is 14.0. The van der Waals surface area contributed by atoms with E-state index in [1.54, 1.807) is 54.6 Å². The molecule has 13 heteroatoms. The molecular formula is C46H47N5O8. The Morgan fingerprint density at radius 2 is 1.49 bits per heavy atom. The summed E-state index contributed by atoms with van der Waals surface area (Å²) in [6.45, 7) is 12.3. The fourth-order valence-corrected chi connectivity index (χ4v) is 6.30. The molecule has 0 fully saturated rings. The van der Waals surface area contributed by atoms with Crippen molar-refractivity contribution < 1.29 is 38.1 Å². The second-order valence-corrected chi connectivity index (χ2v) is 14.6. The smallest absolute Gasteiger partial charge is 0.341 e. The van der Waals surface area contributed by atoms with Crippen molar-refractivity contribution in [2.24, 2.45) is 0 Å². The number of ether oxygens (including phenoxy) is 5. The van der Waals surface area contributed by atoms with Gasteiger partial charge in [-0.05, 0) is 108 Å². The lowest BCUT2D eigenvalue weighted by molar-refractivity contribution is -0.133. The summed E-state index contributed by atoms with van der Waals surface area (Å²) in [4.78, 5) is 46.7. The minimum absolute atomic E-state index is 0.184. The van der Waals surface area contributed by atoms with Crippen molar-refractivity contribution >= 4 is 23.4 Å². The Labute approximate surface area is 344 Å². The van der Waals surface area contributed by atoms with Crippen molar-refractivity contribution in [2.45, 2.75) is 59.9 Å². The van der Waals surface area contributed by atoms with Crippen LogP contribution in [-0.4, -0.2) is 59.1 Å². The number of carbonyl (C=O) groups excluding carboxylic acids is 3. The quantitative estimate of drug-likeness (QED) is 0.0658. The number of aryl methyl sites for hydroxylation is 2. The van der Waals surface area contributed by atoms with E-state index in [4.69, 9.17) is 23.7 Å². The highest BCUT2D eigenvalue weighted by atomic mass is 16.5. The summed E-state index contributed by atoms with van der Waals surface area (Å²) in [7, 11) is 2.71. The average molecular weight is 798 g/mol. The highest BCUT2D eigenvalue weighted by molar-refractivity contribution is 6.17. The summed E-state index contributed by atoms with van der Waals surface area (Å²) in [6.07, 6.45) is 4.39. The van der Waals surface area contributed by atoms with Crippen LogP contribution in [0.15, 0.2) is 97.5 Å². The van der Waals surface area contributed by atoms with Crippen LogP contribution in [0.4, 0.5) is 0 Å². The molecule has 0 unspecified atom stereocenters. The molecule has 0 saturated carbocycles. The number of hydrazine groups is 1. The molecule has 13 nitrogen and oxygen atoms in total. The van der Waals surface area contributed by atoms with Crippen LogP contribution < -0.4 is 19.6 Å². The number of amides is 2. The Balaban J connectivity index is 0.000000224. The van der Waals surface area contributed by atoms with Crippen molar-refractivity contribution in [1.29, 1.82) is 5.26 Å². The number of nitriles is 1. The summed E-state index contributed by atoms with van der Waals surface area (Å²) in [6, 6.07) is 26.5. The number of benzene rings is 4. The van der Waals surface area contributed by atoms with E-state index < -0.39 is 11.5 Å². The van der Waals surface area contributed by atoms with E-state index in [1.165, 1.54) is 37.9 Å². The van der Waals surface area contributed by atoms with Gasteiger partial charge in [-0.15, -0.1) is 0 Å². The molecular weight excluding hydrogens is 751 g/mol. The standard InChI is InChI=1S/C24H30N2O3.C22H17N3O5/c1-15-12-16(2)14-18(13-15)23(28)26(24(4,5)6)25-22(27)20-9-10-21-19(17(20)3)8-7-11-29-21;1-27-13-17(22(26)28-2)16-8-4-6-10-19(16)30-21-11-20(24-14-25-21)29-18-9-5-3-7-15(18)12-23/h9-10,12-14H,7-8,11H2,1-6H3,(H,25,27);3-11,13-14H,1-2H3/b;17-13+. The maximum absolute atomic E-state index is 13.3. The van der Waals surface area contributed by atoms with Gasteiger partial charge in [0, 0.05) is 16.7 Å². The Morgan fingerprint density at radius 1 is 0.847 bits per heavy atom. The van der Waals surface area contributed by atoms with E-state index in [9.17, 15) is 19.6 Å². The normalized spacial score (nSPS) is 11.9. The number of carbonyl (C=O) groups is 3. The maximum atomic E-state index is 13.3. The predicted octanol–water partition coefficient (Wildman–Crippen LogP) is 8.62. The third-order valence-corrected chi connectivity index (χ3v) is 9.06. The van der Waals surface area contributed by atoms with Crippen LogP contribution in [0.25, 0.3) is 5.57 Å². The molecule has 1 N–H and O–H groups in total. The average Bonchev–Trinajstić information content (AvgIpc) is 3.21.